The molecule has 0 saturated carbocycles. The van der Waals surface area contributed by atoms with E-state index in [1.165, 1.54) is 12.1 Å². The second-order valence-electron chi connectivity index (χ2n) is 4.72. The van der Waals surface area contributed by atoms with E-state index in [0.717, 1.165) is 16.8 Å². The second kappa shape index (κ2) is 7.09. The Morgan fingerprint density at radius 1 is 1.19 bits per heavy atom. The average molecular weight is 307 g/mol. The SMILES string of the molecule is Cc1cc(F)ccc1NCC(=O)NCc1ccc(Cl)cc1. The topological polar surface area (TPSA) is 41.1 Å². The predicted molar refractivity (Wildman–Crippen MR) is 82.9 cm³/mol. The lowest BCUT2D eigenvalue weighted by atomic mass is 10.2. The van der Waals surface area contributed by atoms with Crippen molar-refractivity contribution in [1.82, 2.24) is 5.32 Å². The molecule has 2 rings (SSSR count). The monoisotopic (exact) mass is 306 g/mol. The van der Waals surface area contributed by atoms with Crippen molar-refractivity contribution in [2.24, 2.45) is 0 Å². The maximum absolute atomic E-state index is 13.0. The third-order valence-electron chi connectivity index (χ3n) is 3.03. The maximum atomic E-state index is 13.0. The summed E-state index contributed by atoms with van der Waals surface area (Å²) in [6, 6.07) is 11.7. The van der Waals surface area contributed by atoms with E-state index in [1.54, 1.807) is 25.1 Å². The van der Waals surface area contributed by atoms with Crippen molar-refractivity contribution >= 4 is 23.2 Å². The van der Waals surface area contributed by atoms with Gasteiger partial charge in [0.15, 0.2) is 0 Å². The van der Waals surface area contributed by atoms with Crippen molar-refractivity contribution in [3.8, 4) is 0 Å². The highest BCUT2D eigenvalue weighted by atomic mass is 35.5. The minimum absolute atomic E-state index is 0.131. The lowest BCUT2D eigenvalue weighted by molar-refractivity contribution is -0.119. The van der Waals surface area contributed by atoms with E-state index >= 15 is 0 Å². The van der Waals surface area contributed by atoms with Gasteiger partial charge in [0.2, 0.25) is 5.91 Å². The molecule has 21 heavy (non-hydrogen) atoms. The van der Waals surface area contributed by atoms with Gasteiger partial charge in [0.1, 0.15) is 5.82 Å². The standard InChI is InChI=1S/C16H16ClFN2O/c1-11-8-14(18)6-7-15(11)19-10-16(21)20-9-12-2-4-13(17)5-3-12/h2-8,19H,9-10H2,1H3,(H,20,21). The lowest BCUT2D eigenvalue weighted by Crippen LogP contribution is -2.29. The predicted octanol–water partition coefficient (Wildman–Crippen LogP) is 3.52. The first kappa shape index (κ1) is 15.3. The van der Waals surface area contributed by atoms with Crippen LogP contribution in [0.4, 0.5) is 10.1 Å². The molecule has 0 fully saturated rings. The van der Waals surface area contributed by atoms with Crippen molar-refractivity contribution < 1.29 is 9.18 Å². The van der Waals surface area contributed by atoms with E-state index in [4.69, 9.17) is 11.6 Å². The summed E-state index contributed by atoms with van der Waals surface area (Å²) in [6.45, 7) is 2.37. The first-order valence-corrected chi connectivity index (χ1v) is 6.93. The minimum Gasteiger partial charge on any atom is -0.376 e. The molecular formula is C16H16ClFN2O. The largest absolute Gasteiger partial charge is 0.376 e. The van der Waals surface area contributed by atoms with Gasteiger partial charge in [-0.2, -0.15) is 0 Å². The fourth-order valence-electron chi connectivity index (χ4n) is 1.87. The summed E-state index contributed by atoms with van der Waals surface area (Å²) in [5.41, 5.74) is 2.49. The van der Waals surface area contributed by atoms with E-state index in [9.17, 15) is 9.18 Å². The van der Waals surface area contributed by atoms with E-state index in [-0.39, 0.29) is 18.3 Å². The number of nitrogens with one attached hydrogen (secondary N) is 2. The number of hydrogen-bond donors (Lipinski definition) is 2. The maximum Gasteiger partial charge on any atom is 0.239 e. The number of aryl methyl sites for hydroxylation is 1. The number of anilines is 1. The Morgan fingerprint density at radius 2 is 1.90 bits per heavy atom. The molecular weight excluding hydrogens is 291 g/mol. The molecule has 0 aliphatic carbocycles. The third kappa shape index (κ3) is 4.76. The number of carbonyl (C=O) groups excluding carboxylic acids is 1. The van der Waals surface area contributed by atoms with E-state index in [0.29, 0.717) is 11.6 Å². The molecule has 0 radical (unpaired) electrons. The van der Waals surface area contributed by atoms with Crippen LogP contribution in [0.2, 0.25) is 5.02 Å². The van der Waals surface area contributed by atoms with Gasteiger partial charge in [-0.05, 0) is 48.4 Å². The quantitative estimate of drug-likeness (QED) is 0.887. The van der Waals surface area contributed by atoms with Crippen LogP contribution in [0.5, 0.6) is 0 Å². The average Bonchev–Trinajstić information content (AvgIpc) is 2.46. The first-order chi connectivity index (χ1) is 10.0. The molecule has 0 spiro atoms. The zero-order valence-electron chi connectivity index (χ0n) is 11.6. The molecule has 0 saturated heterocycles. The Bertz CT molecular complexity index is 629. The Hall–Kier alpha value is -2.07. The Balaban J connectivity index is 1.80. The summed E-state index contributed by atoms with van der Waals surface area (Å²) in [6.07, 6.45) is 0. The van der Waals surface area contributed by atoms with Gasteiger partial charge in [-0.25, -0.2) is 4.39 Å². The zero-order chi connectivity index (χ0) is 15.2. The molecule has 1 amide bonds. The molecule has 0 bridgehead atoms. The van der Waals surface area contributed by atoms with Crippen molar-refractivity contribution in [3.05, 3.63) is 64.4 Å². The number of halogens is 2. The van der Waals surface area contributed by atoms with Crippen molar-refractivity contribution in [2.75, 3.05) is 11.9 Å². The molecule has 0 aliphatic rings. The third-order valence-corrected chi connectivity index (χ3v) is 3.28. The van der Waals surface area contributed by atoms with Crippen molar-refractivity contribution in [2.45, 2.75) is 13.5 Å². The Labute approximate surface area is 128 Å². The molecule has 0 aliphatic heterocycles. The van der Waals surface area contributed by atoms with Crippen molar-refractivity contribution in [3.63, 3.8) is 0 Å². The number of rotatable bonds is 5. The summed E-state index contributed by atoms with van der Waals surface area (Å²) in [7, 11) is 0. The number of amides is 1. The molecule has 2 N–H and O–H groups in total. The second-order valence-corrected chi connectivity index (χ2v) is 5.15. The van der Waals surface area contributed by atoms with Gasteiger partial charge in [-0.3, -0.25) is 4.79 Å². The van der Waals surface area contributed by atoms with Gasteiger partial charge in [0.25, 0.3) is 0 Å². The Kier molecular flexibility index (Phi) is 5.17. The number of hydrogen-bond acceptors (Lipinski definition) is 2. The van der Waals surface area contributed by atoms with Gasteiger partial charge < -0.3 is 10.6 Å². The van der Waals surface area contributed by atoms with Crippen LogP contribution in [0.3, 0.4) is 0 Å². The van der Waals surface area contributed by atoms with Gasteiger partial charge >= 0.3 is 0 Å². The number of carbonyl (C=O) groups is 1. The molecule has 3 nitrogen and oxygen atoms in total. The molecule has 5 heteroatoms. The van der Waals surface area contributed by atoms with Crippen LogP contribution in [-0.2, 0) is 11.3 Å². The van der Waals surface area contributed by atoms with Gasteiger partial charge in [0, 0.05) is 17.3 Å². The van der Waals surface area contributed by atoms with Gasteiger partial charge in [0.05, 0.1) is 6.54 Å². The number of benzene rings is 2. The molecule has 2 aromatic carbocycles. The molecule has 0 aromatic heterocycles. The zero-order valence-corrected chi connectivity index (χ0v) is 12.4. The highest BCUT2D eigenvalue weighted by molar-refractivity contribution is 6.30. The lowest BCUT2D eigenvalue weighted by Gasteiger charge is -2.10. The molecule has 2 aromatic rings. The minimum atomic E-state index is -0.287. The summed E-state index contributed by atoms with van der Waals surface area (Å²) in [5, 5.41) is 6.45. The van der Waals surface area contributed by atoms with Crippen LogP contribution in [0.15, 0.2) is 42.5 Å². The Morgan fingerprint density at radius 3 is 2.57 bits per heavy atom. The summed E-state index contributed by atoms with van der Waals surface area (Å²) in [5.74, 6) is -0.418. The van der Waals surface area contributed by atoms with Crippen molar-refractivity contribution in [1.29, 1.82) is 0 Å². The van der Waals surface area contributed by atoms with Crippen LogP contribution in [0.1, 0.15) is 11.1 Å². The fraction of sp³-hybridized carbons (Fsp3) is 0.188. The van der Waals surface area contributed by atoms with E-state index in [2.05, 4.69) is 10.6 Å². The molecule has 0 atom stereocenters. The van der Waals surface area contributed by atoms with Crippen LogP contribution in [0.25, 0.3) is 0 Å². The van der Waals surface area contributed by atoms with E-state index < -0.39 is 0 Å². The summed E-state index contributed by atoms with van der Waals surface area (Å²) >= 11 is 5.79. The normalized spacial score (nSPS) is 10.2. The van der Waals surface area contributed by atoms with Crippen LogP contribution in [0, 0.1) is 12.7 Å². The van der Waals surface area contributed by atoms with Gasteiger partial charge in [-0.15, -0.1) is 0 Å². The smallest absolute Gasteiger partial charge is 0.239 e. The van der Waals surface area contributed by atoms with E-state index in [1.807, 2.05) is 12.1 Å². The highest BCUT2D eigenvalue weighted by Crippen LogP contribution is 2.15. The van der Waals surface area contributed by atoms with Crippen LogP contribution >= 0.6 is 11.6 Å². The van der Waals surface area contributed by atoms with Crippen LogP contribution in [-0.4, -0.2) is 12.5 Å². The molecule has 0 unspecified atom stereocenters. The fourth-order valence-corrected chi connectivity index (χ4v) is 1.99. The highest BCUT2D eigenvalue weighted by Gasteiger charge is 2.04. The first-order valence-electron chi connectivity index (χ1n) is 6.56. The molecule has 0 heterocycles. The van der Waals surface area contributed by atoms with Crippen LogP contribution < -0.4 is 10.6 Å². The summed E-state index contributed by atoms with van der Waals surface area (Å²) in [4.78, 5) is 11.8. The van der Waals surface area contributed by atoms with Gasteiger partial charge in [-0.1, -0.05) is 23.7 Å². The molecule has 110 valence electrons. The summed E-state index contributed by atoms with van der Waals surface area (Å²) < 4.78 is 13.0.